The highest BCUT2D eigenvalue weighted by Crippen LogP contribution is 2.20. The van der Waals surface area contributed by atoms with E-state index in [0.29, 0.717) is 11.3 Å². The van der Waals surface area contributed by atoms with E-state index in [-0.39, 0.29) is 5.75 Å². The van der Waals surface area contributed by atoms with Crippen LogP contribution in [0.15, 0.2) is 71.8 Å². The molecule has 0 aliphatic carbocycles. The molecule has 0 bridgehead atoms. The molecule has 0 saturated heterocycles. The third-order valence-electron chi connectivity index (χ3n) is 3.43. The standard InChI is InChI=1S/C17H15NO2S/c19-21(20,12-10-16-7-3-4-11-18-16)17-9-8-14-5-1-2-6-15(14)13-17/h1-9,11,13H,10,12H2. The van der Waals surface area contributed by atoms with E-state index in [1.54, 1.807) is 18.3 Å². The topological polar surface area (TPSA) is 47.0 Å². The molecule has 0 N–H and O–H groups in total. The molecule has 3 aromatic rings. The first-order valence-corrected chi connectivity index (χ1v) is 8.42. The highest BCUT2D eigenvalue weighted by atomic mass is 32.2. The molecule has 0 saturated carbocycles. The van der Waals surface area contributed by atoms with Crippen molar-refractivity contribution in [3.05, 3.63) is 72.6 Å². The summed E-state index contributed by atoms with van der Waals surface area (Å²) in [6, 6.07) is 18.5. The molecule has 2 aromatic carbocycles. The van der Waals surface area contributed by atoms with Crippen LogP contribution >= 0.6 is 0 Å². The lowest BCUT2D eigenvalue weighted by molar-refractivity contribution is 0.595. The number of aromatic nitrogens is 1. The fourth-order valence-electron chi connectivity index (χ4n) is 2.26. The molecule has 21 heavy (non-hydrogen) atoms. The van der Waals surface area contributed by atoms with Crippen molar-refractivity contribution in [2.24, 2.45) is 0 Å². The van der Waals surface area contributed by atoms with Crippen LogP contribution in [0.5, 0.6) is 0 Å². The third kappa shape index (κ3) is 3.11. The van der Waals surface area contributed by atoms with E-state index in [1.807, 2.05) is 48.5 Å². The summed E-state index contributed by atoms with van der Waals surface area (Å²) in [7, 11) is -3.29. The highest BCUT2D eigenvalue weighted by Gasteiger charge is 2.15. The molecule has 1 aromatic heterocycles. The molecule has 106 valence electrons. The minimum atomic E-state index is -3.29. The SMILES string of the molecule is O=S(=O)(CCc1ccccn1)c1ccc2ccccc2c1. The Morgan fingerprint density at radius 2 is 1.62 bits per heavy atom. The zero-order valence-corrected chi connectivity index (χ0v) is 12.3. The van der Waals surface area contributed by atoms with Gasteiger partial charge in [-0.3, -0.25) is 4.98 Å². The van der Waals surface area contributed by atoms with Gasteiger partial charge >= 0.3 is 0 Å². The molecular formula is C17H15NO2S. The molecule has 0 radical (unpaired) electrons. The molecule has 1 heterocycles. The van der Waals surface area contributed by atoms with Crippen LogP contribution in [0.1, 0.15) is 5.69 Å². The first-order valence-electron chi connectivity index (χ1n) is 6.77. The molecule has 0 spiro atoms. The third-order valence-corrected chi connectivity index (χ3v) is 5.15. The summed E-state index contributed by atoms with van der Waals surface area (Å²) < 4.78 is 24.8. The Kier molecular flexibility index (Phi) is 3.71. The van der Waals surface area contributed by atoms with Gasteiger partial charge in [0.05, 0.1) is 10.6 Å². The smallest absolute Gasteiger partial charge is 0.178 e. The summed E-state index contributed by atoms with van der Waals surface area (Å²) in [5.74, 6) is 0.0718. The predicted molar refractivity (Wildman–Crippen MR) is 83.9 cm³/mol. The number of sulfone groups is 1. The van der Waals surface area contributed by atoms with Crippen molar-refractivity contribution in [1.29, 1.82) is 0 Å². The second-order valence-electron chi connectivity index (χ2n) is 4.90. The summed E-state index contributed by atoms with van der Waals surface area (Å²) >= 11 is 0. The number of fused-ring (bicyclic) bond motifs is 1. The van der Waals surface area contributed by atoms with E-state index < -0.39 is 9.84 Å². The number of aryl methyl sites for hydroxylation is 1. The van der Waals surface area contributed by atoms with E-state index in [0.717, 1.165) is 16.5 Å². The molecule has 4 heteroatoms. The maximum absolute atomic E-state index is 12.4. The van der Waals surface area contributed by atoms with Crippen LogP contribution in [-0.4, -0.2) is 19.2 Å². The Morgan fingerprint density at radius 3 is 2.38 bits per heavy atom. The number of nitrogens with zero attached hydrogens (tertiary/aromatic N) is 1. The van der Waals surface area contributed by atoms with E-state index >= 15 is 0 Å². The lowest BCUT2D eigenvalue weighted by Crippen LogP contribution is -2.09. The highest BCUT2D eigenvalue weighted by molar-refractivity contribution is 7.91. The number of hydrogen-bond acceptors (Lipinski definition) is 3. The van der Waals surface area contributed by atoms with Crippen molar-refractivity contribution in [1.82, 2.24) is 4.98 Å². The number of hydrogen-bond donors (Lipinski definition) is 0. The molecule has 0 amide bonds. The largest absolute Gasteiger partial charge is 0.261 e. The van der Waals surface area contributed by atoms with Gasteiger partial charge in [0.15, 0.2) is 9.84 Å². The minimum Gasteiger partial charge on any atom is -0.261 e. The Labute approximate surface area is 124 Å². The van der Waals surface area contributed by atoms with E-state index in [4.69, 9.17) is 0 Å². The lowest BCUT2D eigenvalue weighted by Gasteiger charge is -2.06. The molecule has 0 aliphatic rings. The number of pyridine rings is 1. The van der Waals surface area contributed by atoms with Crippen LogP contribution < -0.4 is 0 Å². The summed E-state index contributed by atoms with van der Waals surface area (Å²) in [5, 5.41) is 1.98. The van der Waals surface area contributed by atoms with Crippen LogP contribution in [0.4, 0.5) is 0 Å². The lowest BCUT2D eigenvalue weighted by atomic mass is 10.1. The van der Waals surface area contributed by atoms with Crippen molar-refractivity contribution >= 4 is 20.6 Å². The molecule has 3 nitrogen and oxygen atoms in total. The van der Waals surface area contributed by atoms with Crippen molar-refractivity contribution in [3.63, 3.8) is 0 Å². The predicted octanol–water partition coefficient (Wildman–Crippen LogP) is 3.25. The van der Waals surface area contributed by atoms with Gasteiger partial charge in [-0.05, 0) is 35.0 Å². The first-order chi connectivity index (χ1) is 10.1. The Balaban J connectivity index is 1.86. The Bertz CT molecular complexity index is 858. The van der Waals surface area contributed by atoms with Gasteiger partial charge in [0.25, 0.3) is 0 Å². The van der Waals surface area contributed by atoms with Gasteiger partial charge in [0.2, 0.25) is 0 Å². The second-order valence-corrected chi connectivity index (χ2v) is 7.01. The Hall–Kier alpha value is -2.20. The molecular weight excluding hydrogens is 282 g/mol. The first kappa shape index (κ1) is 13.8. The summed E-state index contributed by atoms with van der Waals surface area (Å²) in [5.41, 5.74) is 0.793. The fraction of sp³-hybridized carbons (Fsp3) is 0.118. The average molecular weight is 297 g/mol. The minimum absolute atomic E-state index is 0.0718. The van der Waals surface area contributed by atoms with E-state index in [2.05, 4.69) is 4.98 Å². The molecule has 0 aliphatic heterocycles. The second kappa shape index (κ2) is 5.66. The molecule has 3 rings (SSSR count). The summed E-state index contributed by atoms with van der Waals surface area (Å²) in [4.78, 5) is 4.53. The quantitative estimate of drug-likeness (QED) is 0.742. The van der Waals surface area contributed by atoms with Gasteiger partial charge in [-0.1, -0.05) is 36.4 Å². The van der Waals surface area contributed by atoms with Gasteiger partial charge in [-0.25, -0.2) is 8.42 Å². The van der Waals surface area contributed by atoms with Gasteiger partial charge in [0.1, 0.15) is 0 Å². The van der Waals surface area contributed by atoms with E-state index in [1.165, 1.54) is 0 Å². The van der Waals surface area contributed by atoms with Crippen molar-refractivity contribution < 1.29 is 8.42 Å². The van der Waals surface area contributed by atoms with Gasteiger partial charge in [-0.15, -0.1) is 0 Å². The number of benzene rings is 2. The van der Waals surface area contributed by atoms with Crippen LogP contribution in [0.3, 0.4) is 0 Å². The van der Waals surface area contributed by atoms with Crippen molar-refractivity contribution in [2.45, 2.75) is 11.3 Å². The molecule has 0 unspecified atom stereocenters. The normalized spacial score (nSPS) is 11.6. The number of rotatable bonds is 4. The van der Waals surface area contributed by atoms with Crippen LogP contribution in [0.2, 0.25) is 0 Å². The summed E-state index contributed by atoms with van der Waals surface area (Å²) in [6.07, 6.45) is 2.11. The van der Waals surface area contributed by atoms with Gasteiger partial charge in [0, 0.05) is 18.3 Å². The van der Waals surface area contributed by atoms with Crippen LogP contribution in [0.25, 0.3) is 10.8 Å². The van der Waals surface area contributed by atoms with Crippen LogP contribution in [-0.2, 0) is 16.3 Å². The van der Waals surface area contributed by atoms with Crippen molar-refractivity contribution in [2.75, 3.05) is 5.75 Å². The average Bonchev–Trinajstić information content (AvgIpc) is 2.53. The van der Waals surface area contributed by atoms with Gasteiger partial charge in [-0.2, -0.15) is 0 Å². The molecule has 0 atom stereocenters. The maximum atomic E-state index is 12.4. The zero-order valence-electron chi connectivity index (χ0n) is 11.4. The van der Waals surface area contributed by atoms with Crippen LogP contribution in [0, 0.1) is 0 Å². The van der Waals surface area contributed by atoms with Crippen molar-refractivity contribution in [3.8, 4) is 0 Å². The Morgan fingerprint density at radius 1 is 0.857 bits per heavy atom. The summed E-state index contributed by atoms with van der Waals surface area (Å²) in [6.45, 7) is 0. The monoisotopic (exact) mass is 297 g/mol. The van der Waals surface area contributed by atoms with E-state index in [9.17, 15) is 8.42 Å². The van der Waals surface area contributed by atoms with Gasteiger partial charge < -0.3 is 0 Å². The fourth-order valence-corrected chi connectivity index (χ4v) is 3.56. The zero-order chi connectivity index (χ0) is 14.7. The maximum Gasteiger partial charge on any atom is 0.178 e. The molecule has 0 fully saturated rings.